The zero-order chi connectivity index (χ0) is 19.1. The van der Waals surface area contributed by atoms with Gasteiger partial charge < -0.3 is 5.11 Å². The van der Waals surface area contributed by atoms with Crippen molar-refractivity contribution in [3.63, 3.8) is 0 Å². The standard InChI is InChI=1S/C20H25FN4OS/c1-4-16-22-20-25(23-16)19(26)18(27-20)17(14-6-5-7-15(21)9-14)24-10-12(2)8-13(3)11-24/h5-7,9,12-13,17,26H,4,8,10-11H2,1-3H3. The number of hydrogen-bond acceptors (Lipinski definition) is 5. The van der Waals surface area contributed by atoms with E-state index in [-0.39, 0.29) is 17.7 Å². The molecule has 3 aromatic rings. The highest BCUT2D eigenvalue weighted by Gasteiger charge is 2.33. The van der Waals surface area contributed by atoms with Gasteiger partial charge in [-0.25, -0.2) is 9.37 Å². The molecular weight excluding hydrogens is 363 g/mol. The van der Waals surface area contributed by atoms with Crippen molar-refractivity contribution in [3.05, 3.63) is 46.3 Å². The molecule has 0 saturated carbocycles. The lowest BCUT2D eigenvalue weighted by molar-refractivity contribution is 0.111. The molecule has 1 saturated heterocycles. The van der Waals surface area contributed by atoms with Crippen LogP contribution < -0.4 is 0 Å². The van der Waals surface area contributed by atoms with Crippen LogP contribution in [0, 0.1) is 17.7 Å². The third kappa shape index (κ3) is 3.46. The van der Waals surface area contributed by atoms with Crippen LogP contribution in [0.2, 0.25) is 0 Å². The molecule has 1 aromatic carbocycles. The third-order valence-electron chi connectivity index (χ3n) is 5.23. The average molecular weight is 389 g/mol. The van der Waals surface area contributed by atoms with Crippen LogP contribution in [-0.2, 0) is 6.42 Å². The van der Waals surface area contributed by atoms with Crippen LogP contribution in [0.1, 0.15) is 49.5 Å². The van der Waals surface area contributed by atoms with Gasteiger partial charge in [0.2, 0.25) is 10.8 Å². The van der Waals surface area contributed by atoms with Gasteiger partial charge in [0.05, 0.1) is 10.9 Å². The first kappa shape index (κ1) is 18.4. The number of aromatic hydroxyl groups is 1. The number of likely N-dealkylation sites (tertiary alicyclic amines) is 1. The Labute approximate surface area is 162 Å². The average Bonchev–Trinajstić information content (AvgIpc) is 3.14. The molecular formula is C20H25FN4OS. The van der Waals surface area contributed by atoms with E-state index in [0.717, 1.165) is 30.0 Å². The Kier molecular flexibility index (Phi) is 4.90. The van der Waals surface area contributed by atoms with Gasteiger partial charge in [0.15, 0.2) is 5.82 Å². The fourth-order valence-electron chi connectivity index (χ4n) is 4.25. The van der Waals surface area contributed by atoms with E-state index in [9.17, 15) is 9.50 Å². The summed E-state index contributed by atoms with van der Waals surface area (Å²) in [6.45, 7) is 8.32. The monoisotopic (exact) mass is 388 g/mol. The molecule has 1 N–H and O–H groups in total. The number of rotatable bonds is 4. The van der Waals surface area contributed by atoms with E-state index < -0.39 is 0 Å². The normalized spacial score (nSPS) is 22.4. The zero-order valence-corrected chi connectivity index (χ0v) is 16.7. The maximum Gasteiger partial charge on any atom is 0.230 e. The summed E-state index contributed by atoms with van der Waals surface area (Å²) < 4.78 is 15.5. The second-order valence-electron chi connectivity index (χ2n) is 7.72. The van der Waals surface area contributed by atoms with Gasteiger partial charge in [-0.05, 0) is 36.0 Å². The Hall–Kier alpha value is -1.99. The van der Waals surface area contributed by atoms with E-state index in [1.807, 2.05) is 13.0 Å². The molecule has 3 atom stereocenters. The molecule has 1 fully saturated rings. The van der Waals surface area contributed by atoms with Crippen LogP contribution in [0.3, 0.4) is 0 Å². The molecule has 3 heterocycles. The fourth-order valence-corrected chi connectivity index (χ4v) is 5.38. The van der Waals surface area contributed by atoms with Crippen LogP contribution in [0.15, 0.2) is 24.3 Å². The lowest BCUT2D eigenvalue weighted by atomic mass is 9.89. The Bertz CT molecular complexity index is 943. The highest BCUT2D eigenvalue weighted by atomic mass is 32.1. The molecule has 27 heavy (non-hydrogen) atoms. The highest BCUT2D eigenvalue weighted by molar-refractivity contribution is 7.17. The van der Waals surface area contributed by atoms with Gasteiger partial charge in [0.1, 0.15) is 5.82 Å². The predicted molar refractivity (Wildman–Crippen MR) is 105 cm³/mol. The quantitative estimate of drug-likeness (QED) is 0.725. The number of benzene rings is 1. The van der Waals surface area contributed by atoms with E-state index in [0.29, 0.717) is 22.6 Å². The number of aromatic nitrogens is 3. The lowest BCUT2D eigenvalue weighted by Crippen LogP contribution is -2.41. The zero-order valence-electron chi connectivity index (χ0n) is 15.9. The van der Waals surface area contributed by atoms with E-state index in [2.05, 4.69) is 28.8 Å². The summed E-state index contributed by atoms with van der Waals surface area (Å²) in [5, 5.41) is 15.3. The first-order chi connectivity index (χ1) is 13.0. The summed E-state index contributed by atoms with van der Waals surface area (Å²) in [6.07, 6.45) is 1.91. The molecule has 144 valence electrons. The Balaban J connectivity index is 1.82. The summed E-state index contributed by atoms with van der Waals surface area (Å²) in [6, 6.07) is 6.49. The SMILES string of the molecule is CCc1nc2sc(C(c3cccc(F)c3)N3CC(C)CC(C)C3)c(O)n2n1. The smallest absolute Gasteiger partial charge is 0.230 e. The molecule has 3 unspecified atom stereocenters. The molecule has 0 spiro atoms. The highest BCUT2D eigenvalue weighted by Crippen LogP contribution is 2.42. The van der Waals surface area contributed by atoms with Crippen molar-refractivity contribution in [2.24, 2.45) is 11.8 Å². The summed E-state index contributed by atoms with van der Waals surface area (Å²) in [4.78, 5) is 8.32. The number of hydrogen-bond donors (Lipinski definition) is 1. The van der Waals surface area contributed by atoms with Crippen LogP contribution in [0.4, 0.5) is 4.39 Å². The van der Waals surface area contributed by atoms with E-state index in [1.54, 1.807) is 12.1 Å². The van der Waals surface area contributed by atoms with Crippen molar-refractivity contribution in [3.8, 4) is 5.88 Å². The molecule has 4 rings (SSSR count). The lowest BCUT2D eigenvalue weighted by Gasteiger charge is -2.40. The molecule has 1 aliphatic rings. The van der Waals surface area contributed by atoms with Crippen molar-refractivity contribution in [1.82, 2.24) is 19.5 Å². The topological polar surface area (TPSA) is 53.7 Å². The van der Waals surface area contributed by atoms with Crippen molar-refractivity contribution in [2.45, 2.75) is 39.7 Å². The molecule has 2 aromatic heterocycles. The number of piperidine rings is 1. The van der Waals surface area contributed by atoms with Crippen LogP contribution >= 0.6 is 11.3 Å². The fraction of sp³-hybridized carbons (Fsp3) is 0.500. The maximum absolute atomic E-state index is 14.0. The molecule has 0 amide bonds. The van der Waals surface area contributed by atoms with Crippen molar-refractivity contribution < 1.29 is 9.50 Å². The van der Waals surface area contributed by atoms with Gasteiger partial charge in [-0.2, -0.15) is 4.52 Å². The Morgan fingerprint density at radius 1 is 1.30 bits per heavy atom. The molecule has 0 radical (unpaired) electrons. The Morgan fingerprint density at radius 2 is 2.04 bits per heavy atom. The van der Waals surface area contributed by atoms with Gasteiger partial charge in [-0.1, -0.05) is 44.2 Å². The number of fused-ring (bicyclic) bond motifs is 1. The predicted octanol–water partition coefficient (Wildman–Crippen LogP) is 4.27. The minimum Gasteiger partial charge on any atom is -0.492 e. The number of aryl methyl sites for hydroxylation is 1. The van der Waals surface area contributed by atoms with Gasteiger partial charge in [0.25, 0.3) is 0 Å². The van der Waals surface area contributed by atoms with Crippen molar-refractivity contribution >= 4 is 16.3 Å². The second-order valence-corrected chi connectivity index (χ2v) is 8.73. The Morgan fingerprint density at radius 3 is 2.67 bits per heavy atom. The van der Waals surface area contributed by atoms with E-state index >= 15 is 0 Å². The summed E-state index contributed by atoms with van der Waals surface area (Å²) in [5.74, 6) is 1.68. The number of thiazole rings is 1. The van der Waals surface area contributed by atoms with Gasteiger partial charge in [0, 0.05) is 19.5 Å². The molecule has 0 aliphatic carbocycles. The van der Waals surface area contributed by atoms with Crippen LogP contribution in [0.5, 0.6) is 5.88 Å². The summed E-state index contributed by atoms with van der Waals surface area (Å²) in [5.41, 5.74) is 0.854. The molecule has 7 heteroatoms. The van der Waals surface area contributed by atoms with Crippen LogP contribution in [0.25, 0.3) is 4.96 Å². The van der Waals surface area contributed by atoms with Crippen LogP contribution in [-0.4, -0.2) is 37.7 Å². The number of halogens is 1. The minimum absolute atomic E-state index is 0.113. The van der Waals surface area contributed by atoms with Gasteiger partial charge in [-0.15, -0.1) is 5.10 Å². The second kappa shape index (κ2) is 7.20. The molecule has 0 bridgehead atoms. The van der Waals surface area contributed by atoms with Crippen molar-refractivity contribution in [2.75, 3.05) is 13.1 Å². The maximum atomic E-state index is 14.0. The van der Waals surface area contributed by atoms with E-state index in [4.69, 9.17) is 0 Å². The summed E-state index contributed by atoms with van der Waals surface area (Å²) in [7, 11) is 0. The minimum atomic E-state index is -0.261. The summed E-state index contributed by atoms with van der Waals surface area (Å²) >= 11 is 1.44. The first-order valence-electron chi connectivity index (χ1n) is 9.53. The number of nitrogens with zero attached hydrogens (tertiary/aromatic N) is 4. The van der Waals surface area contributed by atoms with E-state index in [1.165, 1.54) is 28.3 Å². The van der Waals surface area contributed by atoms with Crippen molar-refractivity contribution in [1.29, 1.82) is 0 Å². The first-order valence-corrected chi connectivity index (χ1v) is 10.3. The largest absolute Gasteiger partial charge is 0.492 e. The molecule has 5 nitrogen and oxygen atoms in total. The third-order valence-corrected chi connectivity index (χ3v) is 6.31. The molecule has 1 aliphatic heterocycles. The van der Waals surface area contributed by atoms with Gasteiger partial charge in [-0.3, -0.25) is 4.90 Å². The van der Waals surface area contributed by atoms with Gasteiger partial charge >= 0.3 is 0 Å².